The normalized spacial score (nSPS) is 10.8. The van der Waals surface area contributed by atoms with Crippen molar-refractivity contribution in [3.05, 3.63) is 63.6 Å². The second kappa shape index (κ2) is 5.89. The molecule has 0 radical (unpaired) electrons. The molecule has 0 aliphatic carbocycles. The van der Waals surface area contributed by atoms with Crippen molar-refractivity contribution in [2.75, 3.05) is 5.43 Å². The molecule has 2 nitrogen and oxygen atoms in total. The summed E-state index contributed by atoms with van der Waals surface area (Å²) in [6, 6.07) is 13.4. The average Bonchev–Trinajstić information content (AvgIpc) is 2.37. The molecule has 0 aliphatic heterocycles. The van der Waals surface area contributed by atoms with Gasteiger partial charge in [-0.15, -0.1) is 0 Å². The molecule has 0 amide bonds. The lowest BCUT2D eigenvalue weighted by molar-refractivity contribution is 1.34. The van der Waals surface area contributed by atoms with Crippen molar-refractivity contribution in [2.45, 2.75) is 6.92 Å². The van der Waals surface area contributed by atoms with Crippen LogP contribution in [0.2, 0.25) is 10.0 Å². The summed E-state index contributed by atoms with van der Waals surface area (Å²) in [6.07, 6.45) is 1.65. The van der Waals surface area contributed by atoms with Crippen molar-refractivity contribution in [1.29, 1.82) is 0 Å². The number of hydrogen-bond acceptors (Lipinski definition) is 2. The van der Waals surface area contributed by atoms with E-state index in [9.17, 15) is 0 Å². The van der Waals surface area contributed by atoms with E-state index in [2.05, 4.69) is 10.5 Å². The molecule has 0 aliphatic rings. The van der Waals surface area contributed by atoms with E-state index < -0.39 is 0 Å². The Bertz CT molecular complexity index is 563. The Morgan fingerprint density at radius 1 is 1.06 bits per heavy atom. The van der Waals surface area contributed by atoms with Crippen LogP contribution in [0.3, 0.4) is 0 Å². The highest BCUT2D eigenvalue weighted by Gasteiger charge is 2.00. The number of benzene rings is 2. The molecule has 2 rings (SSSR count). The maximum atomic E-state index is 6.04. The number of hydrogen-bond donors (Lipinski definition) is 1. The molecule has 4 heteroatoms. The minimum atomic E-state index is 0.508. The van der Waals surface area contributed by atoms with Crippen molar-refractivity contribution >= 4 is 35.1 Å². The first-order valence-electron chi connectivity index (χ1n) is 5.46. The third-order valence-electron chi connectivity index (χ3n) is 2.43. The van der Waals surface area contributed by atoms with Gasteiger partial charge >= 0.3 is 0 Å². The fourth-order valence-electron chi connectivity index (χ4n) is 1.42. The first kappa shape index (κ1) is 12.9. The predicted molar refractivity (Wildman–Crippen MR) is 78.9 cm³/mol. The molecule has 1 N–H and O–H groups in total. The molecule has 0 bridgehead atoms. The number of halogens is 2. The second-order valence-corrected chi connectivity index (χ2v) is 4.66. The van der Waals surface area contributed by atoms with Crippen LogP contribution in [0.15, 0.2) is 47.6 Å². The van der Waals surface area contributed by atoms with Gasteiger partial charge in [-0.3, -0.25) is 5.43 Å². The van der Waals surface area contributed by atoms with Crippen LogP contribution in [0.4, 0.5) is 5.69 Å². The van der Waals surface area contributed by atoms with E-state index >= 15 is 0 Å². The van der Waals surface area contributed by atoms with Crippen molar-refractivity contribution in [3.63, 3.8) is 0 Å². The van der Waals surface area contributed by atoms with Gasteiger partial charge in [-0.05, 0) is 25.1 Å². The van der Waals surface area contributed by atoms with Gasteiger partial charge in [0.05, 0.1) is 21.9 Å². The van der Waals surface area contributed by atoms with Gasteiger partial charge < -0.3 is 0 Å². The summed E-state index contributed by atoms with van der Waals surface area (Å²) in [5.74, 6) is 0. The lowest BCUT2D eigenvalue weighted by Gasteiger charge is -2.02. The Hall–Kier alpha value is -1.51. The van der Waals surface area contributed by atoms with E-state index in [1.54, 1.807) is 12.3 Å². The molecule has 0 saturated carbocycles. The Balaban J connectivity index is 2.07. The average molecular weight is 279 g/mol. The van der Waals surface area contributed by atoms with Gasteiger partial charge in [-0.1, -0.05) is 53.0 Å². The van der Waals surface area contributed by atoms with E-state index in [4.69, 9.17) is 23.2 Å². The molecule has 0 spiro atoms. The fraction of sp³-hybridized carbons (Fsp3) is 0.0714. The second-order valence-electron chi connectivity index (χ2n) is 3.88. The Labute approximate surface area is 116 Å². The molecule has 0 aromatic heterocycles. The number of nitrogens with zero attached hydrogens (tertiary/aromatic N) is 1. The van der Waals surface area contributed by atoms with E-state index in [-0.39, 0.29) is 0 Å². The first-order valence-corrected chi connectivity index (χ1v) is 6.22. The molecule has 0 atom stereocenters. The lowest BCUT2D eigenvalue weighted by Crippen LogP contribution is -1.91. The minimum Gasteiger partial charge on any atom is -0.279 e. The largest absolute Gasteiger partial charge is 0.279 e. The minimum absolute atomic E-state index is 0.508. The van der Waals surface area contributed by atoms with Crippen LogP contribution >= 0.6 is 23.2 Å². The van der Waals surface area contributed by atoms with Gasteiger partial charge in [0.1, 0.15) is 0 Å². The standard InChI is InChI=1S/C14H12Cl2N2/c1-10-5-7-12(8-6-10)18-17-9-11-3-2-4-13(15)14(11)16/h2-9,18H,1H3/b17-9+. The maximum Gasteiger partial charge on any atom is 0.0680 e. The summed E-state index contributed by atoms with van der Waals surface area (Å²) in [4.78, 5) is 0. The summed E-state index contributed by atoms with van der Waals surface area (Å²) in [5, 5.41) is 5.16. The van der Waals surface area contributed by atoms with Crippen LogP contribution in [0.5, 0.6) is 0 Å². The SMILES string of the molecule is Cc1ccc(N/N=C/c2cccc(Cl)c2Cl)cc1. The van der Waals surface area contributed by atoms with Gasteiger partial charge in [0.25, 0.3) is 0 Å². The van der Waals surface area contributed by atoms with E-state index in [1.165, 1.54) is 5.56 Å². The van der Waals surface area contributed by atoms with Crippen LogP contribution in [0.1, 0.15) is 11.1 Å². The van der Waals surface area contributed by atoms with E-state index in [1.807, 2.05) is 43.3 Å². The molecule has 0 unspecified atom stereocenters. The van der Waals surface area contributed by atoms with Crippen LogP contribution < -0.4 is 5.43 Å². The van der Waals surface area contributed by atoms with Crippen molar-refractivity contribution in [3.8, 4) is 0 Å². The first-order chi connectivity index (χ1) is 8.66. The van der Waals surface area contributed by atoms with Crippen molar-refractivity contribution in [1.82, 2.24) is 0 Å². The van der Waals surface area contributed by atoms with Gasteiger partial charge in [0.2, 0.25) is 0 Å². The number of anilines is 1. The number of aryl methyl sites for hydroxylation is 1. The highest BCUT2D eigenvalue weighted by atomic mass is 35.5. The Morgan fingerprint density at radius 3 is 2.50 bits per heavy atom. The van der Waals surface area contributed by atoms with Crippen molar-refractivity contribution < 1.29 is 0 Å². The quantitative estimate of drug-likeness (QED) is 0.636. The number of hydrazone groups is 1. The molecule has 0 saturated heterocycles. The number of rotatable bonds is 3. The molecule has 2 aromatic rings. The van der Waals surface area contributed by atoms with Crippen LogP contribution in [0, 0.1) is 6.92 Å². The van der Waals surface area contributed by atoms with Crippen LogP contribution in [-0.2, 0) is 0 Å². The Morgan fingerprint density at radius 2 is 1.78 bits per heavy atom. The summed E-state index contributed by atoms with van der Waals surface area (Å²) in [5.41, 5.74) is 5.85. The molecule has 2 aromatic carbocycles. The molecular weight excluding hydrogens is 267 g/mol. The predicted octanol–water partition coefficient (Wildman–Crippen LogP) is 4.75. The van der Waals surface area contributed by atoms with Crippen molar-refractivity contribution in [2.24, 2.45) is 5.10 Å². The lowest BCUT2D eigenvalue weighted by atomic mass is 10.2. The zero-order valence-corrected chi connectivity index (χ0v) is 11.3. The monoisotopic (exact) mass is 278 g/mol. The molecule has 0 fully saturated rings. The molecule has 0 heterocycles. The zero-order valence-electron chi connectivity index (χ0n) is 9.82. The number of nitrogens with one attached hydrogen (secondary N) is 1. The van der Waals surface area contributed by atoms with Crippen LogP contribution in [0.25, 0.3) is 0 Å². The van der Waals surface area contributed by atoms with Gasteiger partial charge in [-0.25, -0.2) is 0 Å². The van der Waals surface area contributed by atoms with Gasteiger partial charge in [0, 0.05) is 5.56 Å². The smallest absolute Gasteiger partial charge is 0.0680 e. The molecule has 18 heavy (non-hydrogen) atoms. The molecular formula is C14H12Cl2N2. The topological polar surface area (TPSA) is 24.4 Å². The van der Waals surface area contributed by atoms with Gasteiger partial charge in [0.15, 0.2) is 0 Å². The van der Waals surface area contributed by atoms with E-state index in [0.717, 1.165) is 11.3 Å². The third kappa shape index (κ3) is 3.25. The zero-order chi connectivity index (χ0) is 13.0. The summed E-state index contributed by atoms with van der Waals surface area (Å²) < 4.78 is 0. The highest BCUT2D eigenvalue weighted by Crippen LogP contribution is 2.24. The highest BCUT2D eigenvalue weighted by molar-refractivity contribution is 6.43. The third-order valence-corrected chi connectivity index (χ3v) is 3.26. The van der Waals surface area contributed by atoms with E-state index in [0.29, 0.717) is 10.0 Å². The van der Waals surface area contributed by atoms with Gasteiger partial charge in [-0.2, -0.15) is 5.10 Å². The summed E-state index contributed by atoms with van der Waals surface area (Å²) in [7, 11) is 0. The van der Waals surface area contributed by atoms with Crippen LogP contribution in [-0.4, -0.2) is 6.21 Å². The summed E-state index contributed by atoms with van der Waals surface area (Å²) >= 11 is 12.0. The fourth-order valence-corrected chi connectivity index (χ4v) is 1.78. The maximum absolute atomic E-state index is 6.04. The summed E-state index contributed by atoms with van der Waals surface area (Å²) in [6.45, 7) is 2.04. The Kier molecular flexibility index (Phi) is 4.24. The molecule has 92 valence electrons.